The van der Waals surface area contributed by atoms with Gasteiger partial charge in [0.1, 0.15) is 30.5 Å². The van der Waals surface area contributed by atoms with Gasteiger partial charge in [0.15, 0.2) is 5.96 Å². The van der Waals surface area contributed by atoms with Crippen LogP contribution in [0.15, 0.2) is 65.7 Å². The van der Waals surface area contributed by atoms with E-state index >= 15 is 0 Å². The van der Waals surface area contributed by atoms with E-state index in [0.29, 0.717) is 0 Å². The topological polar surface area (TPSA) is 224 Å². The van der Waals surface area contributed by atoms with Gasteiger partial charge >= 0.3 is 16.3 Å². The number of nitrogens with one attached hydrogen (secondary N) is 4. The molecule has 2 aromatic rings. The molecule has 0 saturated carbocycles. The van der Waals surface area contributed by atoms with Gasteiger partial charge in [-0.1, -0.05) is 88.4 Å². The van der Waals surface area contributed by atoms with Gasteiger partial charge < -0.3 is 37.5 Å². The number of alkyl carbamates (subject to hydrolysis) is 1. The summed E-state index contributed by atoms with van der Waals surface area (Å²) in [7, 11) is -4.97. The van der Waals surface area contributed by atoms with E-state index in [0.717, 1.165) is 11.1 Å². The van der Waals surface area contributed by atoms with Crippen LogP contribution in [0.1, 0.15) is 64.5 Å². The summed E-state index contributed by atoms with van der Waals surface area (Å²) in [4.78, 5) is 57.6. The van der Waals surface area contributed by atoms with Crippen molar-refractivity contribution >= 4 is 40.0 Å². The van der Waals surface area contributed by atoms with E-state index in [9.17, 15) is 31.5 Å². The zero-order chi connectivity index (χ0) is 38.0. The van der Waals surface area contributed by atoms with Crippen LogP contribution in [0.2, 0.25) is 0 Å². The first-order valence-corrected chi connectivity index (χ1v) is 18.5. The third-order valence-corrected chi connectivity index (χ3v) is 8.34. The molecular weight excluding hydrogens is 681 g/mol. The Hall–Kier alpha value is -4.73. The number of guanidine groups is 1. The lowest BCUT2D eigenvalue weighted by Gasteiger charge is -2.28. The van der Waals surface area contributed by atoms with Gasteiger partial charge in [-0.2, -0.15) is 8.42 Å². The van der Waals surface area contributed by atoms with Crippen LogP contribution < -0.4 is 32.7 Å². The van der Waals surface area contributed by atoms with Gasteiger partial charge in [0.2, 0.25) is 17.7 Å². The van der Waals surface area contributed by atoms with Crippen molar-refractivity contribution in [3.05, 3.63) is 71.8 Å². The van der Waals surface area contributed by atoms with Gasteiger partial charge in [0.25, 0.3) is 0 Å². The number of carbonyl (C=O) groups excluding carboxylic acids is 4. The van der Waals surface area contributed by atoms with Gasteiger partial charge in [-0.15, -0.1) is 3.89 Å². The Kier molecular flexibility index (Phi) is 17.9. The number of rotatable bonds is 21. The summed E-state index contributed by atoms with van der Waals surface area (Å²) in [5.41, 5.74) is 12.2. The van der Waals surface area contributed by atoms with Crippen LogP contribution in [0.4, 0.5) is 8.68 Å². The van der Waals surface area contributed by atoms with E-state index in [1.54, 1.807) is 36.4 Å². The molecule has 16 heteroatoms. The van der Waals surface area contributed by atoms with Gasteiger partial charge in [0, 0.05) is 19.0 Å². The molecule has 0 aliphatic heterocycles. The predicted octanol–water partition coefficient (Wildman–Crippen LogP) is 2.42. The molecule has 0 fully saturated rings. The molecule has 0 spiro atoms. The highest BCUT2D eigenvalue weighted by molar-refractivity contribution is 7.86. The summed E-state index contributed by atoms with van der Waals surface area (Å²) in [5.74, 6) is -3.32. The molecule has 0 radical (unpaired) electrons. The fraction of sp³-hybridized carbons (Fsp3) is 0.514. The van der Waals surface area contributed by atoms with Crippen LogP contribution >= 0.6 is 0 Å². The van der Waals surface area contributed by atoms with Crippen LogP contribution in [-0.4, -0.2) is 74.7 Å². The second kappa shape index (κ2) is 21.5. The van der Waals surface area contributed by atoms with E-state index in [4.69, 9.17) is 16.2 Å². The zero-order valence-corrected chi connectivity index (χ0v) is 30.5. The monoisotopic (exact) mass is 733 g/mol. The van der Waals surface area contributed by atoms with Crippen LogP contribution in [0.25, 0.3) is 0 Å². The Balaban J connectivity index is 2.24. The minimum atomic E-state index is -4.97. The third kappa shape index (κ3) is 18.2. The van der Waals surface area contributed by atoms with Crippen molar-refractivity contribution in [3.63, 3.8) is 0 Å². The summed E-state index contributed by atoms with van der Waals surface area (Å²) < 4.78 is 42.0. The van der Waals surface area contributed by atoms with Crippen LogP contribution in [0.5, 0.6) is 0 Å². The molecule has 8 N–H and O–H groups in total. The average molecular weight is 734 g/mol. The van der Waals surface area contributed by atoms with Gasteiger partial charge in [-0.3, -0.25) is 19.4 Å². The normalized spacial score (nSPS) is 13.7. The number of benzene rings is 2. The second-order valence-electron chi connectivity index (χ2n) is 13.2. The minimum Gasteiger partial charge on any atom is -0.445 e. The van der Waals surface area contributed by atoms with E-state index in [2.05, 4.69) is 26.3 Å². The maximum atomic E-state index is 13.8. The Morgan fingerprint density at radius 1 is 0.745 bits per heavy atom. The summed E-state index contributed by atoms with van der Waals surface area (Å²) in [6, 6.07) is 13.6. The molecule has 2 aromatic carbocycles. The SMILES string of the molecule is CC(C)C[C@H](NC(=O)[C@H](CC(C)C)NC(=O)[C@H](Cc1ccccc1)NC(=O)OCc1ccccc1)C(=O)N[C@@H](CCCN=C(N)N)CS(=O)(=O)F. The fourth-order valence-corrected chi connectivity index (χ4v) is 5.93. The van der Waals surface area contributed by atoms with Crippen LogP contribution in [0, 0.1) is 11.8 Å². The lowest BCUT2D eigenvalue weighted by molar-refractivity contribution is -0.133. The number of aliphatic imine (C=N–C) groups is 1. The van der Waals surface area contributed by atoms with Crippen LogP contribution in [-0.2, 0) is 42.4 Å². The standard InChI is InChI=1S/C35H52FN7O7S/c1-23(2)18-28(31(44)40-27(22-51(36,48)49)16-11-17-39-34(37)38)41-32(45)29(19-24(3)4)42-33(46)30(20-25-12-7-5-8-13-25)43-35(47)50-21-26-14-9-6-10-15-26/h5-10,12-15,23-24,27-30H,11,16-22H2,1-4H3,(H,40,44)(H,41,45)(H,42,46)(H,43,47)(H4,37,38,39)/t27-,28-,29-,30-/m0/s1. The Morgan fingerprint density at radius 2 is 1.24 bits per heavy atom. The highest BCUT2D eigenvalue weighted by Crippen LogP contribution is 2.12. The second-order valence-corrected chi connectivity index (χ2v) is 14.6. The Morgan fingerprint density at radius 3 is 1.73 bits per heavy atom. The molecule has 0 heterocycles. The molecule has 0 aliphatic carbocycles. The number of carbonyl (C=O) groups is 4. The lowest BCUT2D eigenvalue weighted by Crippen LogP contribution is -2.58. The van der Waals surface area contributed by atoms with Crippen molar-refractivity contribution < 1.29 is 36.2 Å². The quantitative estimate of drug-likeness (QED) is 0.0479. The van der Waals surface area contributed by atoms with Crippen molar-refractivity contribution in [2.75, 3.05) is 12.3 Å². The van der Waals surface area contributed by atoms with E-state index in [1.165, 1.54) is 0 Å². The van der Waals surface area contributed by atoms with E-state index in [-0.39, 0.29) is 63.1 Å². The first kappa shape index (κ1) is 42.4. The zero-order valence-electron chi connectivity index (χ0n) is 29.6. The average Bonchev–Trinajstić information content (AvgIpc) is 3.04. The van der Waals surface area contributed by atoms with Crippen molar-refractivity contribution in [2.24, 2.45) is 28.3 Å². The smallest absolute Gasteiger partial charge is 0.408 e. The molecule has 0 aromatic heterocycles. The molecular formula is C35H52FN7O7S. The number of nitrogens with two attached hydrogens (primary N) is 2. The Bertz CT molecular complexity index is 1540. The number of hydrogen-bond acceptors (Lipinski definition) is 8. The number of amides is 4. The number of nitrogens with zero attached hydrogens (tertiary/aromatic N) is 1. The summed E-state index contributed by atoms with van der Waals surface area (Å²) in [5, 5.41) is 10.6. The number of halogens is 1. The molecule has 282 valence electrons. The van der Waals surface area contributed by atoms with Crippen molar-refractivity contribution in [3.8, 4) is 0 Å². The van der Waals surface area contributed by atoms with Gasteiger partial charge in [-0.25, -0.2) is 4.79 Å². The largest absolute Gasteiger partial charge is 0.445 e. The summed E-state index contributed by atoms with van der Waals surface area (Å²) >= 11 is 0. The lowest BCUT2D eigenvalue weighted by atomic mass is 9.99. The predicted molar refractivity (Wildman–Crippen MR) is 193 cm³/mol. The van der Waals surface area contributed by atoms with Crippen molar-refractivity contribution in [2.45, 2.75) is 90.6 Å². The molecule has 2 rings (SSSR count). The minimum absolute atomic E-state index is 0.0155. The molecule has 51 heavy (non-hydrogen) atoms. The number of hydrogen-bond donors (Lipinski definition) is 6. The van der Waals surface area contributed by atoms with Crippen LogP contribution in [0.3, 0.4) is 0 Å². The first-order valence-electron chi connectivity index (χ1n) is 16.9. The number of ether oxygens (including phenoxy) is 1. The summed E-state index contributed by atoms with van der Waals surface area (Å²) in [6.45, 7) is 7.49. The van der Waals surface area contributed by atoms with Crippen molar-refractivity contribution in [1.29, 1.82) is 0 Å². The molecule has 0 aliphatic rings. The van der Waals surface area contributed by atoms with Gasteiger partial charge in [-0.05, 0) is 48.6 Å². The molecule has 0 saturated heterocycles. The highest BCUT2D eigenvalue weighted by Gasteiger charge is 2.32. The first-order chi connectivity index (χ1) is 24.0. The van der Waals surface area contributed by atoms with Gasteiger partial charge in [0.05, 0.1) is 0 Å². The summed E-state index contributed by atoms with van der Waals surface area (Å²) in [6.07, 6.45) is -0.0733. The third-order valence-electron chi connectivity index (χ3n) is 7.54. The molecule has 4 atom stereocenters. The van der Waals surface area contributed by atoms with Crippen molar-refractivity contribution in [1.82, 2.24) is 21.3 Å². The van der Waals surface area contributed by atoms with E-state index < -0.39 is 64.0 Å². The van der Waals surface area contributed by atoms with E-state index in [1.807, 2.05) is 52.0 Å². The highest BCUT2D eigenvalue weighted by atomic mass is 32.3. The molecule has 4 amide bonds. The maximum absolute atomic E-state index is 13.8. The molecule has 0 bridgehead atoms. The fourth-order valence-electron chi connectivity index (χ4n) is 5.20. The molecule has 0 unspecified atom stereocenters. The molecule has 14 nitrogen and oxygen atoms in total. The maximum Gasteiger partial charge on any atom is 0.408 e. The Labute approximate surface area is 300 Å².